The molecule has 0 aliphatic carbocycles. The van der Waals surface area contributed by atoms with E-state index in [1.54, 1.807) is 0 Å². The van der Waals surface area contributed by atoms with Crippen molar-refractivity contribution in [1.82, 2.24) is 0 Å². The van der Waals surface area contributed by atoms with Gasteiger partial charge in [0.25, 0.3) is 0 Å². The molecule has 0 saturated carbocycles. The summed E-state index contributed by atoms with van der Waals surface area (Å²) in [4.78, 5) is 0. The predicted octanol–water partition coefficient (Wildman–Crippen LogP) is 5.92. The molecule has 0 fully saturated rings. The van der Waals surface area contributed by atoms with E-state index in [4.69, 9.17) is 0 Å². The number of benzene rings is 3. The Bertz CT molecular complexity index is 845. The van der Waals surface area contributed by atoms with Crippen LogP contribution in [0.25, 0.3) is 17.2 Å². The number of hydrogen-bond acceptors (Lipinski definition) is 1. The average Bonchev–Trinajstić information content (AvgIpc) is 2.93. The zero-order chi connectivity index (χ0) is 15.6. The van der Waals surface area contributed by atoms with Crippen molar-refractivity contribution in [2.24, 2.45) is 0 Å². The van der Waals surface area contributed by atoms with Crippen molar-refractivity contribution in [3.8, 4) is 11.1 Å². The highest BCUT2D eigenvalue weighted by Gasteiger charge is 2.22. The molecule has 4 rings (SSSR count). The summed E-state index contributed by atoms with van der Waals surface area (Å²) in [5.41, 5.74) is 7.60. The second kappa shape index (κ2) is 5.77. The minimum absolute atomic E-state index is 0.417. The first kappa shape index (κ1) is 13.8. The molecule has 112 valence electrons. The van der Waals surface area contributed by atoms with Crippen LogP contribution in [0.15, 0.2) is 84.6 Å². The first-order valence-electron chi connectivity index (χ1n) is 8.04. The van der Waals surface area contributed by atoms with Crippen LogP contribution in [0.3, 0.4) is 0 Å². The van der Waals surface area contributed by atoms with Crippen LogP contribution in [-0.2, 0) is 0 Å². The average molecular weight is 297 g/mol. The fourth-order valence-electron chi connectivity index (χ4n) is 3.16. The van der Waals surface area contributed by atoms with Gasteiger partial charge in [-0.1, -0.05) is 79.7 Å². The Morgan fingerprint density at radius 3 is 2.13 bits per heavy atom. The number of hydrogen-bond donors (Lipinski definition) is 1. The monoisotopic (exact) mass is 297 g/mol. The van der Waals surface area contributed by atoms with Gasteiger partial charge in [-0.2, -0.15) is 0 Å². The maximum absolute atomic E-state index is 3.54. The molecular formula is C22H19N. The van der Waals surface area contributed by atoms with E-state index in [0.717, 1.165) is 0 Å². The molecule has 1 heterocycles. The number of nitrogens with one attached hydrogen (secondary N) is 1. The molecule has 1 aliphatic rings. The molecule has 0 aromatic heterocycles. The molecule has 1 N–H and O–H groups in total. The summed E-state index contributed by atoms with van der Waals surface area (Å²) in [5.74, 6) is 0.417. The van der Waals surface area contributed by atoms with Crippen molar-refractivity contribution in [2.45, 2.75) is 12.8 Å². The first-order valence-corrected chi connectivity index (χ1v) is 8.04. The zero-order valence-electron chi connectivity index (χ0n) is 13.2. The molecule has 0 bridgehead atoms. The number of fused-ring (bicyclic) bond motifs is 1. The molecule has 1 nitrogen and oxygen atoms in total. The maximum Gasteiger partial charge on any atom is 0.0421 e. The van der Waals surface area contributed by atoms with Gasteiger partial charge in [0, 0.05) is 17.3 Å². The van der Waals surface area contributed by atoms with Crippen LogP contribution in [0.5, 0.6) is 0 Å². The van der Waals surface area contributed by atoms with Gasteiger partial charge in [0.2, 0.25) is 0 Å². The molecule has 1 unspecified atom stereocenters. The molecule has 1 aliphatic heterocycles. The van der Waals surface area contributed by atoms with E-state index in [0.29, 0.717) is 5.92 Å². The summed E-state index contributed by atoms with van der Waals surface area (Å²) in [6.07, 6.45) is 2.25. The van der Waals surface area contributed by atoms with Gasteiger partial charge in [0.1, 0.15) is 0 Å². The van der Waals surface area contributed by atoms with Crippen molar-refractivity contribution in [2.75, 3.05) is 5.32 Å². The summed E-state index contributed by atoms with van der Waals surface area (Å²) < 4.78 is 0. The maximum atomic E-state index is 3.54. The normalized spacial score (nSPS) is 17.8. The van der Waals surface area contributed by atoms with Crippen LogP contribution in [0, 0.1) is 0 Å². The molecule has 3 aromatic rings. The van der Waals surface area contributed by atoms with Crippen molar-refractivity contribution in [1.29, 1.82) is 0 Å². The van der Waals surface area contributed by atoms with Gasteiger partial charge in [-0.25, -0.2) is 0 Å². The molecule has 0 spiro atoms. The zero-order valence-corrected chi connectivity index (χ0v) is 13.2. The third-order valence-electron chi connectivity index (χ3n) is 4.51. The van der Waals surface area contributed by atoms with Crippen LogP contribution in [0.2, 0.25) is 0 Å². The number of rotatable bonds is 2. The second-order valence-electron chi connectivity index (χ2n) is 6.02. The van der Waals surface area contributed by atoms with Gasteiger partial charge < -0.3 is 5.32 Å². The van der Waals surface area contributed by atoms with E-state index in [1.807, 2.05) is 6.07 Å². The third-order valence-corrected chi connectivity index (χ3v) is 4.51. The van der Waals surface area contributed by atoms with Crippen LogP contribution in [-0.4, -0.2) is 0 Å². The Morgan fingerprint density at radius 2 is 1.39 bits per heavy atom. The van der Waals surface area contributed by atoms with E-state index < -0.39 is 0 Å². The highest BCUT2D eigenvalue weighted by atomic mass is 14.9. The molecule has 1 heteroatoms. The minimum Gasteiger partial charge on any atom is -0.358 e. The van der Waals surface area contributed by atoms with Gasteiger partial charge in [0.15, 0.2) is 0 Å². The summed E-state index contributed by atoms with van der Waals surface area (Å²) in [7, 11) is 0. The van der Waals surface area contributed by atoms with Crippen molar-refractivity contribution in [3.63, 3.8) is 0 Å². The predicted molar refractivity (Wildman–Crippen MR) is 98.3 cm³/mol. The topological polar surface area (TPSA) is 12.0 Å². The smallest absolute Gasteiger partial charge is 0.0421 e. The first-order chi connectivity index (χ1) is 11.3. The molecule has 3 aromatic carbocycles. The highest BCUT2D eigenvalue weighted by molar-refractivity contribution is 5.72. The molecule has 0 radical (unpaired) electrons. The molecular weight excluding hydrogens is 278 g/mol. The molecule has 0 amide bonds. The van der Waals surface area contributed by atoms with Crippen molar-refractivity contribution in [3.05, 3.63) is 95.7 Å². The Balaban J connectivity index is 1.61. The lowest BCUT2D eigenvalue weighted by molar-refractivity contribution is 0.955. The lowest BCUT2D eigenvalue weighted by Gasteiger charge is -2.07. The Kier molecular flexibility index (Phi) is 3.47. The fraction of sp³-hybridized carbons (Fsp3) is 0.0909. The highest BCUT2D eigenvalue weighted by Crippen LogP contribution is 2.38. The Morgan fingerprint density at radius 1 is 0.739 bits per heavy atom. The van der Waals surface area contributed by atoms with E-state index in [-0.39, 0.29) is 0 Å². The molecule has 1 atom stereocenters. The van der Waals surface area contributed by atoms with Crippen molar-refractivity contribution < 1.29 is 0 Å². The van der Waals surface area contributed by atoms with E-state index in [9.17, 15) is 0 Å². The van der Waals surface area contributed by atoms with Gasteiger partial charge in [-0.3, -0.25) is 0 Å². The minimum atomic E-state index is 0.417. The fourth-order valence-corrected chi connectivity index (χ4v) is 3.16. The standard InChI is InChI=1S/C22H19N/c1-16-20-9-5-6-10-21(20)23-22(16)15-17-11-13-19(14-12-17)18-7-3-2-4-8-18/h2-16,23H,1H3. The SMILES string of the molecule is CC1C(=Cc2ccc(-c3ccccc3)cc2)Nc2ccccc21. The van der Waals surface area contributed by atoms with Crippen LogP contribution < -0.4 is 5.32 Å². The van der Waals surface area contributed by atoms with E-state index in [2.05, 4.69) is 91.1 Å². The molecule has 0 saturated heterocycles. The van der Waals surface area contributed by atoms with Crippen LogP contribution in [0.4, 0.5) is 5.69 Å². The van der Waals surface area contributed by atoms with Crippen LogP contribution >= 0.6 is 0 Å². The second-order valence-corrected chi connectivity index (χ2v) is 6.02. The lowest BCUT2D eigenvalue weighted by Crippen LogP contribution is -1.95. The van der Waals surface area contributed by atoms with Gasteiger partial charge >= 0.3 is 0 Å². The molecule has 23 heavy (non-hydrogen) atoms. The lowest BCUT2D eigenvalue weighted by atomic mass is 9.99. The van der Waals surface area contributed by atoms with Gasteiger partial charge in [0.05, 0.1) is 0 Å². The summed E-state index contributed by atoms with van der Waals surface area (Å²) in [5, 5.41) is 3.54. The number of para-hydroxylation sites is 1. The number of allylic oxidation sites excluding steroid dienone is 1. The van der Waals surface area contributed by atoms with Crippen LogP contribution in [0.1, 0.15) is 24.0 Å². The van der Waals surface area contributed by atoms with Crippen molar-refractivity contribution >= 4 is 11.8 Å². The quantitative estimate of drug-likeness (QED) is 0.618. The summed E-state index contributed by atoms with van der Waals surface area (Å²) in [6, 6.07) is 27.8. The van der Waals surface area contributed by atoms with E-state index in [1.165, 1.54) is 33.6 Å². The van der Waals surface area contributed by atoms with Gasteiger partial charge in [-0.05, 0) is 34.4 Å². The number of anilines is 1. The largest absolute Gasteiger partial charge is 0.358 e. The third kappa shape index (κ3) is 2.66. The Labute approximate surface area is 137 Å². The van der Waals surface area contributed by atoms with Gasteiger partial charge in [-0.15, -0.1) is 0 Å². The Hall–Kier alpha value is -2.80. The summed E-state index contributed by atoms with van der Waals surface area (Å²) >= 11 is 0. The van der Waals surface area contributed by atoms with E-state index >= 15 is 0 Å². The summed E-state index contributed by atoms with van der Waals surface area (Å²) in [6.45, 7) is 2.25.